The van der Waals surface area contributed by atoms with Gasteiger partial charge in [0.2, 0.25) is 5.91 Å². The van der Waals surface area contributed by atoms with E-state index in [4.69, 9.17) is 4.52 Å². The second-order valence-electron chi connectivity index (χ2n) is 5.47. The van der Waals surface area contributed by atoms with Crippen LogP contribution in [0.1, 0.15) is 23.9 Å². The van der Waals surface area contributed by atoms with Crippen molar-refractivity contribution in [2.24, 2.45) is 0 Å². The van der Waals surface area contributed by atoms with Crippen molar-refractivity contribution in [2.75, 3.05) is 11.4 Å². The molecule has 0 bridgehead atoms. The van der Waals surface area contributed by atoms with Crippen LogP contribution >= 0.6 is 0 Å². The van der Waals surface area contributed by atoms with Gasteiger partial charge in [-0.15, -0.1) is 0 Å². The molecule has 2 aromatic rings. The first-order valence-corrected chi connectivity index (χ1v) is 8.63. The molecule has 0 fully saturated rings. The molecule has 0 radical (unpaired) electrons. The number of para-hydroxylation sites is 1. The Morgan fingerprint density at radius 2 is 2.23 bits per heavy atom. The number of rotatable bonds is 4. The van der Waals surface area contributed by atoms with Crippen LogP contribution in [0.3, 0.4) is 0 Å². The van der Waals surface area contributed by atoms with E-state index in [1.165, 1.54) is 5.56 Å². The summed E-state index contributed by atoms with van der Waals surface area (Å²) >= 11 is 0. The predicted molar refractivity (Wildman–Crippen MR) is 85.0 cm³/mol. The monoisotopic (exact) mass is 318 g/mol. The minimum Gasteiger partial charge on any atom is -0.360 e. The van der Waals surface area contributed by atoms with Gasteiger partial charge in [-0.3, -0.25) is 9.00 Å². The Labute approximate surface area is 131 Å². The van der Waals surface area contributed by atoms with Gasteiger partial charge in [-0.25, -0.2) is 0 Å². The van der Waals surface area contributed by atoms with Crippen LogP contribution in [0.15, 0.2) is 34.9 Å². The molecule has 2 heterocycles. The molecule has 6 heteroatoms. The molecule has 1 aromatic heterocycles. The predicted octanol–water partition coefficient (Wildman–Crippen LogP) is 2.21. The molecule has 3 rings (SSSR count). The van der Waals surface area contributed by atoms with E-state index in [1.807, 2.05) is 31.2 Å². The van der Waals surface area contributed by atoms with Crippen molar-refractivity contribution in [3.05, 3.63) is 47.3 Å². The summed E-state index contributed by atoms with van der Waals surface area (Å²) < 4.78 is 17.5. The maximum absolute atomic E-state index is 12.6. The van der Waals surface area contributed by atoms with Gasteiger partial charge in [-0.1, -0.05) is 23.4 Å². The van der Waals surface area contributed by atoms with Gasteiger partial charge in [-0.2, -0.15) is 0 Å². The molecule has 0 spiro atoms. The van der Waals surface area contributed by atoms with E-state index in [2.05, 4.69) is 5.16 Å². The quantitative estimate of drug-likeness (QED) is 0.867. The number of hydrogen-bond donors (Lipinski definition) is 0. The van der Waals surface area contributed by atoms with Crippen LogP contribution in [-0.2, 0) is 27.8 Å². The molecule has 0 saturated carbocycles. The van der Waals surface area contributed by atoms with Gasteiger partial charge in [-0.05, 0) is 31.9 Å². The highest BCUT2D eigenvalue weighted by Crippen LogP contribution is 2.28. The number of aryl methyl sites for hydroxylation is 1. The van der Waals surface area contributed by atoms with E-state index in [9.17, 15) is 9.00 Å². The van der Waals surface area contributed by atoms with Crippen molar-refractivity contribution >= 4 is 22.4 Å². The third-order valence-electron chi connectivity index (χ3n) is 3.86. The van der Waals surface area contributed by atoms with Crippen LogP contribution in [0.2, 0.25) is 0 Å². The van der Waals surface area contributed by atoms with Gasteiger partial charge >= 0.3 is 0 Å². The van der Waals surface area contributed by atoms with E-state index in [0.717, 1.165) is 17.8 Å². The second kappa shape index (κ2) is 6.04. The van der Waals surface area contributed by atoms with Crippen molar-refractivity contribution < 1.29 is 13.5 Å². The van der Waals surface area contributed by atoms with Gasteiger partial charge in [0.1, 0.15) is 11.0 Å². The van der Waals surface area contributed by atoms with Crippen LogP contribution in [0.4, 0.5) is 5.69 Å². The lowest BCUT2D eigenvalue weighted by atomic mass is 10.2. The highest BCUT2D eigenvalue weighted by Gasteiger charge is 2.31. The Balaban J connectivity index is 1.71. The second-order valence-corrected chi connectivity index (χ2v) is 7.23. The Morgan fingerprint density at radius 3 is 2.95 bits per heavy atom. The Hall–Kier alpha value is -1.95. The number of aromatic nitrogens is 1. The van der Waals surface area contributed by atoms with Gasteiger partial charge < -0.3 is 9.42 Å². The fourth-order valence-corrected chi connectivity index (χ4v) is 3.67. The summed E-state index contributed by atoms with van der Waals surface area (Å²) in [5.41, 5.74) is 2.85. The normalized spacial score (nSPS) is 16.4. The summed E-state index contributed by atoms with van der Waals surface area (Å²) in [6.07, 6.45) is 0.850. The Kier molecular flexibility index (Phi) is 4.11. The number of hydrogen-bond acceptors (Lipinski definition) is 4. The van der Waals surface area contributed by atoms with E-state index in [0.29, 0.717) is 12.3 Å². The molecule has 0 aliphatic carbocycles. The first kappa shape index (κ1) is 15.0. The van der Waals surface area contributed by atoms with E-state index >= 15 is 0 Å². The number of fused-ring (bicyclic) bond motifs is 1. The molecule has 0 unspecified atom stereocenters. The molecule has 1 aromatic carbocycles. The summed E-state index contributed by atoms with van der Waals surface area (Å²) in [4.78, 5) is 14.4. The molecule has 2 atom stereocenters. The van der Waals surface area contributed by atoms with Crippen LogP contribution in [0, 0.1) is 6.92 Å². The van der Waals surface area contributed by atoms with Gasteiger partial charge in [0, 0.05) is 29.1 Å². The number of carbonyl (C=O) groups excluding carboxylic acids is 1. The largest absolute Gasteiger partial charge is 0.360 e. The molecule has 0 N–H and O–H groups in total. The summed E-state index contributed by atoms with van der Waals surface area (Å²) in [6.45, 7) is 4.18. The van der Waals surface area contributed by atoms with Crippen LogP contribution in [-0.4, -0.2) is 27.1 Å². The standard InChI is InChI=1S/C16H18N2O3S/c1-11-9-14(21-17-11)10-22(20)12(2)16(19)18-8-7-13-5-3-4-6-15(13)18/h3-6,9,12H,7-8,10H2,1-2H3/t12-,22+/m0/s1. The van der Waals surface area contributed by atoms with Gasteiger partial charge in [0.15, 0.2) is 0 Å². The first-order valence-electron chi connectivity index (χ1n) is 7.25. The number of anilines is 1. The zero-order valence-electron chi connectivity index (χ0n) is 12.6. The molecular formula is C16H18N2O3S. The zero-order chi connectivity index (χ0) is 15.7. The first-order chi connectivity index (χ1) is 10.6. The fraction of sp³-hybridized carbons (Fsp3) is 0.375. The highest BCUT2D eigenvalue weighted by atomic mass is 32.2. The molecule has 1 amide bonds. The average Bonchev–Trinajstić information content (AvgIpc) is 3.12. The van der Waals surface area contributed by atoms with Crippen molar-refractivity contribution in [3.63, 3.8) is 0 Å². The number of carbonyl (C=O) groups is 1. The smallest absolute Gasteiger partial charge is 0.242 e. The Morgan fingerprint density at radius 1 is 1.45 bits per heavy atom. The van der Waals surface area contributed by atoms with Gasteiger partial charge in [0.25, 0.3) is 0 Å². The molecule has 22 heavy (non-hydrogen) atoms. The Bertz CT molecular complexity index is 726. The van der Waals surface area contributed by atoms with Crippen LogP contribution in [0.25, 0.3) is 0 Å². The van der Waals surface area contributed by atoms with E-state index in [-0.39, 0.29) is 11.7 Å². The van der Waals surface area contributed by atoms with Crippen molar-refractivity contribution in [3.8, 4) is 0 Å². The van der Waals surface area contributed by atoms with E-state index in [1.54, 1.807) is 17.9 Å². The highest BCUT2D eigenvalue weighted by molar-refractivity contribution is 7.85. The van der Waals surface area contributed by atoms with Crippen molar-refractivity contribution in [2.45, 2.75) is 31.3 Å². The molecule has 1 aliphatic rings. The average molecular weight is 318 g/mol. The molecule has 5 nitrogen and oxygen atoms in total. The molecule has 0 saturated heterocycles. The molecular weight excluding hydrogens is 300 g/mol. The number of nitrogens with zero attached hydrogens (tertiary/aromatic N) is 2. The lowest BCUT2D eigenvalue weighted by Gasteiger charge is -2.21. The minimum atomic E-state index is -1.33. The maximum Gasteiger partial charge on any atom is 0.242 e. The maximum atomic E-state index is 12.6. The van der Waals surface area contributed by atoms with Crippen molar-refractivity contribution in [1.82, 2.24) is 5.16 Å². The summed E-state index contributed by atoms with van der Waals surface area (Å²) in [6, 6.07) is 9.61. The van der Waals surface area contributed by atoms with Crippen LogP contribution in [0.5, 0.6) is 0 Å². The zero-order valence-corrected chi connectivity index (χ0v) is 13.4. The lowest BCUT2D eigenvalue weighted by Crippen LogP contribution is -2.39. The fourth-order valence-electron chi connectivity index (χ4n) is 2.65. The molecule has 1 aliphatic heterocycles. The lowest BCUT2D eigenvalue weighted by molar-refractivity contribution is -0.117. The minimum absolute atomic E-state index is 0.0977. The third kappa shape index (κ3) is 2.83. The molecule has 116 valence electrons. The number of benzene rings is 1. The third-order valence-corrected chi connectivity index (χ3v) is 5.42. The van der Waals surface area contributed by atoms with Crippen molar-refractivity contribution in [1.29, 1.82) is 0 Å². The summed E-state index contributed by atoms with van der Waals surface area (Å²) in [5, 5.41) is 3.20. The summed E-state index contributed by atoms with van der Waals surface area (Å²) in [5.74, 6) is 0.667. The van der Waals surface area contributed by atoms with E-state index < -0.39 is 16.0 Å². The van der Waals surface area contributed by atoms with Gasteiger partial charge in [0.05, 0.1) is 11.4 Å². The topological polar surface area (TPSA) is 63.4 Å². The number of amides is 1. The SMILES string of the molecule is Cc1cc(C[S@@](=O)[C@@H](C)C(=O)N2CCc3ccccc32)on1. The van der Waals surface area contributed by atoms with Crippen LogP contribution < -0.4 is 4.90 Å². The summed E-state index contributed by atoms with van der Waals surface area (Å²) in [7, 11) is -1.33.